The van der Waals surface area contributed by atoms with Crippen molar-refractivity contribution >= 4 is 28.7 Å². The van der Waals surface area contributed by atoms with Gasteiger partial charge in [-0.05, 0) is 48.0 Å². The van der Waals surface area contributed by atoms with Crippen LogP contribution in [0.25, 0.3) is 6.08 Å². The molecule has 3 N–H and O–H groups in total. The van der Waals surface area contributed by atoms with Crippen molar-refractivity contribution in [3.63, 3.8) is 0 Å². The monoisotopic (exact) mass is 332 g/mol. The lowest BCUT2D eigenvalue weighted by molar-refractivity contribution is -0.124. The summed E-state index contributed by atoms with van der Waals surface area (Å²) < 4.78 is 20.3. The SMILES string of the molecule is COc1ccc(NS(=O)c2cccc(/C=C/C(=O)NO)c2)cc1. The number of carbonyl (C=O) groups is 1. The molecular formula is C16H16N2O4S. The Labute approximate surface area is 136 Å². The van der Waals surface area contributed by atoms with Crippen LogP contribution in [-0.2, 0) is 15.8 Å². The molecule has 2 aromatic rings. The number of hydroxylamine groups is 1. The molecule has 6 nitrogen and oxygen atoms in total. The van der Waals surface area contributed by atoms with E-state index in [9.17, 15) is 9.00 Å². The molecule has 0 aliphatic heterocycles. The van der Waals surface area contributed by atoms with Crippen molar-refractivity contribution in [2.24, 2.45) is 0 Å². The second-order valence-corrected chi connectivity index (χ2v) is 5.69. The number of anilines is 1. The molecule has 2 rings (SSSR count). The van der Waals surface area contributed by atoms with Crippen molar-refractivity contribution in [3.8, 4) is 5.75 Å². The maximum absolute atomic E-state index is 12.3. The van der Waals surface area contributed by atoms with Crippen LogP contribution in [0.4, 0.5) is 5.69 Å². The quantitative estimate of drug-likeness (QED) is 0.430. The number of benzene rings is 2. The third-order valence-electron chi connectivity index (χ3n) is 2.91. The molecule has 0 heterocycles. The molecule has 0 spiro atoms. The van der Waals surface area contributed by atoms with Gasteiger partial charge in [0.15, 0.2) is 0 Å². The van der Waals surface area contributed by atoms with Gasteiger partial charge < -0.3 is 9.46 Å². The first-order chi connectivity index (χ1) is 11.1. The molecule has 0 saturated carbocycles. The summed E-state index contributed by atoms with van der Waals surface area (Å²) in [6, 6.07) is 14.0. The molecule has 0 radical (unpaired) electrons. The Kier molecular flexibility index (Phi) is 5.90. The Morgan fingerprint density at radius 2 is 1.96 bits per heavy atom. The second-order valence-electron chi connectivity index (χ2n) is 4.48. The van der Waals surface area contributed by atoms with Crippen molar-refractivity contribution < 1.29 is 18.9 Å². The molecule has 1 unspecified atom stereocenters. The van der Waals surface area contributed by atoms with E-state index >= 15 is 0 Å². The lowest BCUT2D eigenvalue weighted by Crippen LogP contribution is -2.14. The number of methoxy groups -OCH3 is 1. The third kappa shape index (κ3) is 4.94. The highest BCUT2D eigenvalue weighted by Gasteiger charge is 2.05. The van der Waals surface area contributed by atoms with Gasteiger partial charge in [0.2, 0.25) is 0 Å². The number of ether oxygens (including phenoxy) is 1. The molecule has 120 valence electrons. The molecule has 0 bridgehead atoms. The van der Waals surface area contributed by atoms with Crippen LogP contribution in [0.1, 0.15) is 5.56 Å². The average molecular weight is 332 g/mol. The van der Waals surface area contributed by atoms with Gasteiger partial charge in [-0.25, -0.2) is 9.69 Å². The highest BCUT2D eigenvalue weighted by molar-refractivity contribution is 7.86. The number of rotatable bonds is 6. The lowest BCUT2D eigenvalue weighted by atomic mass is 10.2. The van der Waals surface area contributed by atoms with Crippen LogP contribution in [0, 0.1) is 0 Å². The predicted octanol–water partition coefficient (Wildman–Crippen LogP) is 2.35. The van der Waals surface area contributed by atoms with Crippen LogP contribution >= 0.6 is 0 Å². The van der Waals surface area contributed by atoms with E-state index in [1.165, 1.54) is 17.6 Å². The van der Waals surface area contributed by atoms with Gasteiger partial charge in [0.1, 0.15) is 16.7 Å². The summed E-state index contributed by atoms with van der Waals surface area (Å²) in [4.78, 5) is 11.5. The molecule has 0 aliphatic rings. The minimum Gasteiger partial charge on any atom is -0.497 e. The van der Waals surface area contributed by atoms with E-state index in [2.05, 4.69) is 4.72 Å². The summed E-state index contributed by atoms with van der Waals surface area (Å²) in [5.41, 5.74) is 2.90. The van der Waals surface area contributed by atoms with E-state index in [4.69, 9.17) is 9.94 Å². The Morgan fingerprint density at radius 1 is 1.22 bits per heavy atom. The maximum atomic E-state index is 12.3. The Balaban J connectivity index is 2.09. The second kappa shape index (κ2) is 8.11. The van der Waals surface area contributed by atoms with Gasteiger partial charge in [-0.15, -0.1) is 0 Å². The largest absolute Gasteiger partial charge is 0.497 e. The highest BCUT2D eigenvalue weighted by atomic mass is 32.2. The molecular weight excluding hydrogens is 316 g/mol. The lowest BCUT2D eigenvalue weighted by Gasteiger charge is -2.07. The van der Waals surface area contributed by atoms with Gasteiger partial charge in [0.25, 0.3) is 5.91 Å². The zero-order valence-corrected chi connectivity index (χ0v) is 13.2. The van der Waals surface area contributed by atoms with Crippen LogP contribution in [0.15, 0.2) is 59.5 Å². The van der Waals surface area contributed by atoms with Gasteiger partial charge in [0, 0.05) is 11.8 Å². The molecule has 2 aromatic carbocycles. The van der Waals surface area contributed by atoms with Crippen molar-refractivity contribution in [2.45, 2.75) is 4.90 Å². The minimum atomic E-state index is -1.44. The van der Waals surface area contributed by atoms with Gasteiger partial charge in [-0.1, -0.05) is 12.1 Å². The number of carbonyl (C=O) groups excluding carboxylic acids is 1. The summed E-state index contributed by atoms with van der Waals surface area (Å²) in [7, 11) is 0.136. The molecule has 0 fully saturated rings. The molecule has 1 atom stereocenters. The smallest absolute Gasteiger partial charge is 0.267 e. The normalized spacial score (nSPS) is 11.9. The van der Waals surface area contributed by atoms with Crippen LogP contribution in [0.2, 0.25) is 0 Å². The van der Waals surface area contributed by atoms with Crippen molar-refractivity contribution in [2.75, 3.05) is 11.8 Å². The first kappa shape index (κ1) is 16.7. The van der Waals surface area contributed by atoms with Crippen LogP contribution in [-0.4, -0.2) is 22.4 Å². The first-order valence-electron chi connectivity index (χ1n) is 6.67. The van der Waals surface area contributed by atoms with E-state index < -0.39 is 16.9 Å². The summed E-state index contributed by atoms with van der Waals surface area (Å²) in [6.45, 7) is 0. The number of amides is 1. The summed E-state index contributed by atoms with van der Waals surface area (Å²) in [6.07, 6.45) is 2.69. The molecule has 0 aromatic heterocycles. The summed E-state index contributed by atoms with van der Waals surface area (Å²) >= 11 is 0. The van der Waals surface area contributed by atoms with E-state index in [1.54, 1.807) is 55.6 Å². The number of hydrogen-bond acceptors (Lipinski definition) is 4. The van der Waals surface area contributed by atoms with Gasteiger partial charge in [-0.3, -0.25) is 10.0 Å². The van der Waals surface area contributed by atoms with Crippen molar-refractivity contribution in [3.05, 3.63) is 60.2 Å². The van der Waals surface area contributed by atoms with E-state index in [-0.39, 0.29) is 0 Å². The van der Waals surface area contributed by atoms with E-state index in [1.807, 2.05) is 0 Å². The van der Waals surface area contributed by atoms with Crippen LogP contribution in [0.3, 0.4) is 0 Å². The van der Waals surface area contributed by atoms with E-state index in [0.29, 0.717) is 16.1 Å². The third-order valence-corrected chi connectivity index (χ3v) is 4.01. The van der Waals surface area contributed by atoms with Crippen molar-refractivity contribution in [1.29, 1.82) is 0 Å². The maximum Gasteiger partial charge on any atom is 0.267 e. The van der Waals surface area contributed by atoms with Crippen LogP contribution < -0.4 is 14.9 Å². The first-order valence-corrected chi connectivity index (χ1v) is 7.82. The van der Waals surface area contributed by atoms with E-state index in [0.717, 1.165) is 5.75 Å². The zero-order chi connectivity index (χ0) is 16.7. The molecule has 0 aliphatic carbocycles. The number of hydrogen-bond donors (Lipinski definition) is 3. The Bertz CT molecular complexity index is 729. The van der Waals surface area contributed by atoms with Gasteiger partial charge in [0.05, 0.1) is 12.0 Å². The molecule has 23 heavy (non-hydrogen) atoms. The fourth-order valence-corrected chi connectivity index (χ4v) is 2.68. The summed E-state index contributed by atoms with van der Waals surface area (Å²) in [5, 5.41) is 8.44. The van der Waals surface area contributed by atoms with Gasteiger partial charge in [-0.2, -0.15) is 0 Å². The Morgan fingerprint density at radius 3 is 2.61 bits per heavy atom. The number of nitrogens with one attached hydrogen (secondary N) is 2. The van der Waals surface area contributed by atoms with Crippen LogP contribution in [0.5, 0.6) is 5.75 Å². The van der Waals surface area contributed by atoms with Crippen molar-refractivity contribution in [1.82, 2.24) is 5.48 Å². The molecule has 0 saturated heterocycles. The minimum absolute atomic E-state index is 0.562. The topological polar surface area (TPSA) is 87.7 Å². The fourth-order valence-electron chi connectivity index (χ4n) is 1.77. The highest BCUT2D eigenvalue weighted by Crippen LogP contribution is 2.18. The Hall–Kier alpha value is -2.64. The van der Waals surface area contributed by atoms with Gasteiger partial charge >= 0.3 is 0 Å². The average Bonchev–Trinajstić information content (AvgIpc) is 2.60. The molecule has 1 amide bonds. The standard InChI is InChI=1S/C16H16N2O4S/c1-22-14-8-6-13(7-9-14)18-23(21)15-4-2-3-12(11-15)5-10-16(19)17-20/h2-11,18,20H,1H3,(H,17,19)/b10-5+. The zero-order valence-electron chi connectivity index (χ0n) is 12.4. The fraction of sp³-hybridized carbons (Fsp3) is 0.0625. The summed E-state index contributed by atoms with van der Waals surface area (Å²) in [5.74, 6) is 0.0866. The predicted molar refractivity (Wildman–Crippen MR) is 88.4 cm³/mol. The molecule has 7 heteroatoms.